The minimum Gasteiger partial charge on any atom is -0.481 e. The Bertz CT molecular complexity index is 531. The van der Waals surface area contributed by atoms with Crippen LogP contribution in [0.25, 0.3) is 0 Å². The van der Waals surface area contributed by atoms with Crippen molar-refractivity contribution >= 4 is 11.9 Å². The Labute approximate surface area is 112 Å². The van der Waals surface area contributed by atoms with Crippen LogP contribution in [0, 0.1) is 25.2 Å². The van der Waals surface area contributed by atoms with Crippen molar-refractivity contribution in [1.82, 2.24) is 9.97 Å². The number of anilines is 1. The summed E-state index contributed by atoms with van der Waals surface area (Å²) in [5.74, 6) is 0.273. The van der Waals surface area contributed by atoms with Crippen LogP contribution in [0.2, 0.25) is 0 Å². The fourth-order valence-electron chi connectivity index (χ4n) is 3.46. The van der Waals surface area contributed by atoms with Crippen LogP contribution in [0.3, 0.4) is 0 Å². The van der Waals surface area contributed by atoms with Gasteiger partial charge in [-0.1, -0.05) is 6.42 Å². The summed E-state index contributed by atoms with van der Waals surface area (Å²) in [6, 6.07) is 0. The van der Waals surface area contributed by atoms with Crippen LogP contribution >= 0.6 is 0 Å². The van der Waals surface area contributed by atoms with Crippen molar-refractivity contribution < 1.29 is 9.90 Å². The molecular weight excluding hydrogens is 242 g/mol. The molecule has 0 aromatic carbocycles. The third kappa shape index (κ3) is 1.79. The van der Waals surface area contributed by atoms with E-state index in [0.717, 1.165) is 37.1 Å². The third-order valence-electron chi connectivity index (χ3n) is 4.79. The van der Waals surface area contributed by atoms with E-state index < -0.39 is 11.4 Å². The Morgan fingerprint density at radius 3 is 2.95 bits per heavy atom. The predicted octanol–water partition coefficient (Wildman–Crippen LogP) is 1.78. The highest BCUT2D eigenvalue weighted by molar-refractivity contribution is 5.77. The van der Waals surface area contributed by atoms with E-state index in [-0.39, 0.29) is 5.92 Å². The van der Waals surface area contributed by atoms with E-state index in [1.807, 2.05) is 24.9 Å². The molecule has 0 spiro atoms. The highest BCUT2D eigenvalue weighted by Gasteiger charge is 2.55. The zero-order valence-electron chi connectivity index (χ0n) is 11.4. The fraction of sp³-hybridized carbons (Fsp3) is 0.643. The molecule has 2 heterocycles. The maximum Gasteiger partial charge on any atom is 0.311 e. The molecule has 5 heteroatoms. The third-order valence-corrected chi connectivity index (χ3v) is 4.79. The fourth-order valence-corrected chi connectivity index (χ4v) is 3.46. The van der Waals surface area contributed by atoms with E-state index in [1.54, 1.807) is 0 Å². The van der Waals surface area contributed by atoms with Crippen molar-refractivity contribution in [2.45, 2.75) is 33.1 Å². The Morgan fingerprint density at radius 1 is 1.53 bits per heavy atom. The van der Waals surface area contributed by atoms with Crippen molar-refractivity contribution in [3.63, 3.8) is 0 Å². The predicted molar refractivity (Wildman–Crippen MR) is 71.1 cm³/mol. The lowest BCUT2D eigenvalue weighted by Gasteiger charge is -2.23. The molecule has 1 aromatic rings. The van der Waals surface area contributed by atoms with Crippen LogP contribution in [-0.2, 0) is 4.79 Å². The van der Waals surface area contributed by atoms with Crippen LogP contribution in [0.4, 0.5) is 5.95 Å². The number of carboxylic acids is 1. The van der Waals surface area contributed by atoms with Crippen LogP contribution in [-0.4, -0.2) is 34.1 Å². The van der Waals surface area contributed by atoms with Crippen LogP contribution < -0.4 is 4.90 Å². The monoisotopic (exact) mass is 261 g/mol. The zero-order chi connectivity index (χ0) is 13.6. The van der Waals surface area contributed by atoms with Gasteiger partial charge in [0.15, 0.2) is 0 Å². The Morgan fingerprint density at radius 2 is 2.32 bits per heavy atom. The molecule has 1 aliphatic carbocycles. The molecule has 1 aromatic heterocycles. The van der Waals surface area contributed by atoms with Gasteiger partial charge in [0.2, 0.25) is 5.95 Å². The molecule has 1 N–H and O–H groups in total. The van der Waals surface area contributed by atoms with Gasteiger partial charge in [0, 0.05) is 25.0 Å². The molecule has 0 amide bonds. The van der Waals surface area contributed by atoms with Gasteiger partial charge in [-0.15, -0.1) is 0 Å². The molecule has 1 aliphatic heterocycles. The number of carbonyl (C=O) groups is 1. The summed E-state index contributed by atoms with van der Waals surface area (Å²) >= 11 is 0. The molecule has 102 valence electrons. The Hall–Kier alpha value is -1.65. The van der Waals surface area contributed by atoms with Gasteiger partial charge in [0.25, 0.3) is 0 Å². The minimum atomic E-state index is -0.652. The molecule has 2 fully saturated rings. The lowest BCUT2D eigenvalue weighted by Crippen LogP contribution is -2.36. The molecule has 0 radical (unpaired) electrons. The van der Waals surface area contributed by atoms with Gasteiger partial charge >= 0.3 is 5.97 Å². The molecule has 19 heavy (non-hydrogen) atoms. The topological polar surface area (TPSA) is 66.3 Å². The van der Waals surface area contributed by atoms with Crippen molar-refractivity contribution in [2.24, 2.45) is 11.3 Å². The minimum absolute atomic E-state index is 0.246. The molecule has 1 saturated heterocycles. The number of nitrogens with zero attached hydrogens (tertiary/aromatic N) is 3. The molecule has 0 unspecified atom stereocenters. The molecule has 1 saturated carbocycles. The SMILES string of the molecule is Cc1cnc(N2C[C@@H]3CCC[C@@]3(C(=O)O)C2)nc1C. The number of aryl methyl sites for hydroxylation is 2. The molecule has 0 bridgehead atoms. The van der Waals surface area contributed by atoms with Crippen LogP contribution in [0.15, 0.2) is 6.20 Å². The molecule has 2 atom stereocenters. The zero-order valence-corrected chi connectivity index (χ0v) is 11.4. The number of carboxylic acid groups (broad SMARTS) is 1. The second-order valence-corrected chi connectivity index (χ2v) is 5.87. The van der Waals surface area contributed by atoms with E-state index in [1.165, 1.54) is 0 Å². The standard InChI is InChI=1S/C14H19N3O2/c1-9-6-15-13(16-10(9)2)17-7-11-4-3-5-14(11,8-17)12(18)19/h6,11H,3-5,7-8H2,1-2H3,(H,18,19)/t11-,14+/m0/s1. The van der Waals surface area contributed by atoms with E-state index in [2.05, 4.69) is 9.97 Å². The molecular formula is C14H19N3O2. The Balaban J connectivity index is 1.89. The molecule has 3 rings (SSSR count). The quantitative estimate of drug-likeness (QED) is 0.879. The van der Waals surface area contributed by atoms with Crippen molar-refractivity contribution in [1.29, 1.82) is 0 Å². The van der Waals surface area contributed by atoms with E-state index >= 15 is 0 Å². The summed E-state index contributed by atoms with van der Waals surface area (Å²) in [6.07, 6.45) is 4.64. The maximum absolute atomic E-state index is 11.6. The lowest BCUT2D eigenvalue weighted by molar-refractivity contribution is -0.149. The highest BCUT2D eigenvalue weighted by atomic mass is 16.4. The van der Waals surface area contributed by atoms with E-state index in [0.29, 0.717) is 12.5 Å². The average molecular weight is 261 g/mol. The van der Waals surface area contributed by atoms with Gasteiger partial charge in [-0.05, 0) is 38.2 Å². The molecule has 2 aliphatic rings. The van der Waals surface area contributed by atoms with Gasteiger partial charge in [0.1, 0.15) is 0 Å². The van der Waals surface area contributed by atoms with Crippen molar-refractivity contribution in [3.8, 4) is 0 Å². The number of hydrogen-bond acceptors (Lipinski definition) is 4. The number of fused-ring (bicyclic) bond motifs is 1. The van der Waals surface area contributed by atoms with Crippen molar-refractivity contribution in [3.05, 3.63) is 17.5 Å². The first-order chi connectivity index (χ1) is 9.03. The van der Waals surface area contributed by atoms with Crippen LogP contribution in [0.1, 0.15) is 30.5 Å². The highest BCUT2D eigenvalue weighted by Crippen LogP contribution is 2.49. The first kappa shape index (κ1) is 12.4. The van der Waals surface area contributed by atoms with Gasteiger partial charge in [-0.25, -0.2) is 9.97 Å². The summed E-state index contributed by atoms with van der Waals surface area (Å²) in [5, 5.41) is 9.57. The van der Waals surface area contributed by atoms with Gasteiger partial charge < -0.3 is 10.0 Å². The summed E-state index contributed by atoms with van der Waals surface area (Å²) in [4.78, 5) is 22.5. The van der Waals surface area contributed by atoms with E-state index in [4.69, 9.17) is 0 Å². The first-order valence-electron chi connectivity index (χ1n) is 6.81. The number of aromatic nitrogens is 2. The first-order valence-corrected chi connectivity index (χ1v) is 6.81. The smallest absolute Gasteiger partial charge is 0.311 e. The van der Waals surface area contributed by atoms with E-state index in [9.17, 15) is 9.90 Å². The summed E-state index contributed by atoms with van der Waals surface area (Å²) < 4.78 is 0. The second kappa shape index (κ2) is 4.18. The maximum atomic E-state index is 11.6. The summed E-state index contributed by atoms with van der Waals surface area (Å²) in [5.41, 5.74) is 1.46. The lowest BCUT2D eigenvalue weighted by atomic mass is 9.81. The summed E-state index contributed by atoms with van der Waals surface area (Å²) in [6.45, 7) is 5.27. The number of rotatable bonds is 2. The summed E-state index contributed by atoms with van der Waals surface area (Å²) in [7, 11) is 0. The van der Waals surface area contributed by atoms with Gasteiger partial charge in [-0.3, -0.25) is 4.79 Å². The van der Waals surface area contributed by atoms with Gasteiger partial charge in [-0.2, -0.15) is 0 Å². The normalized spacial score (nSPS) is 29.6. The van der Waals surface area contributed by atoms with Crippen LogP contribution in [0.5, 0.6) is 0 Å². The Kier molecular flexibility index (Phi) is 2.73. The number of hydrogen-bond donors (Lipinski definition) is 1. The second-order valence-electron chi connectivity index (χ2n) is 5.87. The molecule has 5 nitrogen and oxygen atoms in total. The van der Waals surface area contributed by atoms with Crippen molar-refractivity contribution in [2.75, 3.05) is 18.0 Å². The largest absolute Gasteiger partial charge is 0.481 e. The van der Waals surface area contributed by atoms with Gasteiger partial charge in [0.05, 0.1) is 5.41 Å². The number of aliphatic carboxylic acids is 1. The average Bonchev–Trinajstić information content (AvgIpc) is 2.89.